The van der Waals surface area contributed by atoms with E-state index in [2.05, 4.69) is 4.72 Å². The highest BCUT2D eigenvalue weighted by Gasteiger charge is 2.23. The molecular formula is C11H23N3O3S. The summed E-state index contributed by atoms with van der Waals surface area (Å²) in [4.78, 5) is 12.8. The lowest BCUT2D eigenvalue weighted by atomic mass is 9.98. The standard InChI is InChI=1S/C11H23N3O3S/c1-9(2)18(16,17)13-6-10-4-3-5-14(7-10)8-11(12)15/h9-10,13H,3-8H2,1-2H3,(H2,12,15)/t10-/m0/s1. The Morgan fingerprint density at radius 3 is 2.72 bits per heavy atom. The predicted molar refractivity (Wildman–Crippen MR) is 70.4 cm³/mol. The third-order valence-corrected chi connectivity index (χ3v) is 4.99. The number of carbonyl (C=O) groups excluding carboxylic acids is 1. The van der Waals surface area contributed by atoms with Crippen LogP contribution in [0, 0.1) is 5.92 Å². The maximum Gasteiger partial charge on any atom is 0.231 e. The molecule has 0 aromatic heterocycles. The first-order valence-electron chi connectivity index (χ1n) is 6.30. The van der Waals surface area contributed by atoms with Crippen LogP contribution in [0.25, 0.3) is 0 Å². The van der Waals surface area contributed by atoms with Crippen LogP contribution < -0.4 is 10.5 Å². The zero-order valence-electron chi connectivity index (χ0n) is 11.1. The smallest absolute Gasteiger partial charge is 0.231 e. The number of rotatable bonds is 6. The lowest BCUT2D eigenvalue weighted by molar-refractivity contribution is -0.119. The van der Waals surface area contributed by atoms with Gasteiger partial charge in [0.05, 0.1) is 11.8 Å². The van der Waals surface area contributed by atoms with Gasteiger partial charge in [-0.1, -0.05) is 0 Å². The van der Waals surface area contributed by atoms with Crippen molar-refractivity contribution in [3.63, 3.8) is 0 Å². The highest BCUT2D eigenvalue weighted by atomic mass is 32.2. The Bertz CT molecular complexity index is 381. The molecule has 0 aromatic carbocycles. The summed E-state index contributed by atoms with van der Waals surface area (Å²) in [7, 11) is -3.20. The highest BCUT2D eigenvalue weighted by molar-refractivity contribution is 7.90. The summed E-state index contributed by atoms with van der Waals surface area (Å²) in [5.74, 6) is -0.0787. The molecule has 1 atom stereocenters. The first-order chi connectivity index (χ1) is 8.31. The fraction of sp³-hybridized carbons (Fsp3) is 0.909. The van der Waals surface area contributed by atoms with E-state index in [1.54, 1.807) is 13.8 Å². The Kier molecular flexibility index (Phi) is 5.55. The fourth-order valence-corrected chi connectivity index (χ4v) is 2.88. The number of nitrogens with one attached hydrogen (secondary N) is 1. The Labute approximate surface area is 109 Å². The fourth-order valence-electron chi connectivity index (χ4n) is 2.08. The van der Waals surface area contributed by atoms with Crippen LogP contribution in [0.2, 0.25) is 0 Å². The minimum absolute atomic E-state index is 0.256. The molecule has 0 aromatic rings. The number of carbonyl (C=O) groups is 1. The second kappa shape index (κ2) is 6.49. The van der Waals surface area contributed by atoms with Crippen LogP contribution in [-0.2, 0) is 14.8 Å². The highest BCUT2D eigenvalue weighted by Crippen LogP contribution is 2.15. The molecule has 3 N–H and O–H groups in total. The lowest BCUT2D eigenvalue weighted by Gasteiger charge is -2.31. The number of nitrogens with two attached hydrogens (primary N) is 1. The quantitative estimate of drug-likeness (QED) is 0.685. The van der Waals surface area contributed by atoms with E-state index in [4.69, 9.17) is 5.73 Å². The van der Waals surface area contributed by atoms with Gasteiger partial charge in [-0.05, 0) is 39.2 Å². The molecule has 1 aliphatic rings. The van der Waals surface area contributed by atoms with E-state index in [1.165, 1.54) is 0 Å². The maximum atomic E-state index is 11.6. The number of primary amides is 1. The second-order valence-electron chi connectivity index (χ2n) is 5.15. The molecule has 1 aliphatic heterocycles. The molecule has 6 nitrogen and oxygen atoms in total. The van der Waals surface area contributed by atoms with E-state index in [9.17, 15) is 13.2 Å². The monoisotopic (exact) mass is 277 g/mol. The summed E-state index contributed by atoms with van der Waals surface area (Å²) in [6, 6.07) is 0. The van der Waals surface area contributed by atoms with Crippen LogP contribution in [0.3, 0.4) is 0 Å². The first-order valence-corrected chi connectivity index (χ1v) is 7.85. The number of likely N-dealkylation sites (tertiary alicyclic amines) is 1. The zero-order chi connectivity index (χ0) is 13.8. The van der Waals surface area contributed by atoms with Gasteiger partial charge < -0.3 is 5.73 Å². The Hall–Kier alpha value is -0.660. The second-order valence-corrected chi connectivity index (χ2v) is 7.47. The van der Waals surface area contributed by atoms with Crippen molar-refractivity contribution < 1.29 is 13.2 Å². The molecule has 1 saturated heterocycles. The van der Waals surface area contributed by atoms with Gasteiger partial charge in [0.2, 0.25) is 15.9 Å². The molecule has 18 heavy (non-hydrogen) atoms. The van der Waals surface area contributed by atoms with Gasteiger partial charge in [0.1, 0.15) is 0 Å². The van der Waals surface area contributed by atoms with E-state index in [0.717, 1.165) is 25.9 Å². The Morgan fingerprint density at radius 1 is 1.50 bits per heavy atom. The number of piperidine rings is 1. The first kappa shape index (κ1) is 15.4. The van der Waals surface area contributed by atoms with Crippen LogP contribution in [-0.4, -0.2) is 50.7 Å². The molecule has 0 aliphatic carbocycles. The van der Waals surface area contributed by atoms with Crippen LogP contribution in [0.5, 0.6) is 0 Å². The average Bonchev–Trinajstić information content (AvgIpc) is 2.26. The van der Waals surface area contributed by atoms with Gasteiger partial charge >= 0.3 is 0 Å². The molecule has 1 amide bonds. The molecule has 0 saturated carbocycles. The largest absolute Gasteiger partial charge is 0.369 e. The van der Waals surface area contributed by atoms with E-state index in [1.807, 2.05) is 4.90 Å². The van der Waals surface area contributed by atoms with Crippen molar-refractivity contribution in [2.45, 2.75) is 31.9 Å². The van der Waals surface area contributed by atoms with Gasteiger partial charge in [0.15, 0.2) is 0 Å². The molecule has 0 spiro atoms. The van der Waals surface area contributed by atoms with Gasteiger partial charge in [-0.2, -0.15) is 0 Å². The topological polar surface area (TPSA) is 92.5 Å². The van der Waals surface area contributed by atoms with Crippen molar-refractivity contribution in [1.82, 2.24) is 9.62 Å². The zero-order valence-corrected chi connectivity index (χ0v) is 11.9. The van der Waals surface area contributed by atoms with E-state index in [0.29, 0.717) is 6.54 Å². The van der Waals surface area contributed by atoms with Gasteiger partial charge in [0.25, 0.3) is 0 Å². The summed E-state index contributed by atoms with van der Waals surface area (Å²) >= 11 is 0. The van der Waals surface area contributed by atoms with E-state index in [-0.39, 0.29) is 18.4 Å². The summed E-state index contributed by atoms with van der Waals surface area (Å²) in [5.41, 5.74) is 5.16. The summed E-state index contributed by atoms with van der Waals surface area (Å²) < 4.78 is 25.9. The average molecular weight is 277 g/mol. The molecule has 1 rings (SSSR count). The number of hydrogen-bond acceptors (Lipinski definition) is 4. The van der Waals surface area contributed by atoms with E-state index < -0.39 is 15.3 Å². The third-order valence-electron chi connectivity index (χ3n) is 3.18. The van der Waals surface area contributed by atoms with E-state index >= 15 is 0 Å². The van der Waals surface area contributed by atoms with Crippen molar-refractivity contribution >= 4 is 15.9 Å². The van der Waals surface area contributed by atoms with Crippen LogP contribution in [0.15, 0.2) is 0 Å². The van der Waals surface area contributed by atoms with Crippen molar-refractivity contribution in [2.75, 3.05) is 26.2 Å². The van der Waals surface area contributed by atoms with Crippen molar-refractivity contribution in [1.29, 1.82) is 0 Å². The van der Waals surface area contributed by atoms with Gasteiger partial charge in [-0.15, -0.1) is 0 Å². The SMILES string of the molecule is CC(C)S(=O)(=O)NC[C@@H]1CCCN(CC(N)=O)C1. The third kappa shape index (κ3) is 4.91. The number of hydrogen-bond donors (Lipinski definition) is 2. The van der Waals surface area contributed by atoms with Gasteiger partial charge in [0, 0.05) is 13.1 Å². The van der Waals surface area contributed by atoms with Gasteiger partial charge in [-0.25, -0.2) is 13.1 Å². The molecule has 7 heteroatoms. The molecule has 1 fully saturated rings. The molecule has 1 heterocycles. The Balaban J connectivity index is 2.41. The molecule has 0 bridgehead atoms. The van der Waals surface area contributed by atoms with Gasteiger partial charge in [-0.3, -0.25) is 9.69 Å². The maximum absolute atomic E-state index is 11.6. The molecule has 106 valence electrons. The van der Waals surface area contributed by atoms with Crippen LogP contribution in [0.1, 0.15) is 26.7 Å². The number of amides is 1. The molecule has 0 radical (unpaired) electrons. The van der Waals surface area contributed by atoms with Crippen molar-refractivity contribution in [3.05, 3.63) is 0 Å². The van der Waals surface area contributed by atoms with Crippen LogP contribution >= 0.6 is 0 Å². The normalized spacial score (nSPS) is 22.3. The minimum atomic E-state index is -3.20. The Morgan fingerprint density at radius 2 is 2.17 bits per heavy atom. The number of nitrogens with zero attached hydrogens (tertiary/aromatic N) is 1. The minimum Gasteiger partial charge on any atom is -0.369 e. The molecular weight excluding hydrogens is 254 g/mol. The summed E-state index contributed by atoms with van der Waals surface area (Å²) in [6.07, 6.45) is 1.96. The lowest BCUT2D eigenvalue weighted by Crippen LogP contribution is -2.44. The summed E-state index contributed by atoms with van der Waals surface area (Å²) in [5, 5.41) is -0.414. The van der Waals surface area contributed by atoms with Crippen molar-refractivity contribution in [2.24, 2.45) is 11.7 Å². The van der Waals surface area contributed by atoms with Crippen LogP contribution in [0.4, 0.5) is 0 Å². The predicted octanol–water partition coefficient (Wildman–Crippen LogP) is -0.488. The van der Waals surface area contributed by atoms with Crippen molar-refractivity contribution in [3.8, 4) is 0 Å². The molecule has 0 unspecified atom stereocenters. The number of sulfonamides is 1. The summed E-state index contributed by atoms with van der Waals surface area (Å²) in [6.45, 7) is 5.59.